The maximum Gasteiger partial charge on any atom is 0.411 e. The zero-order chi connectivity index (χ0) is 67.1. The van der Waals surface area contributed by atoms with E-state index < -0.39 is 134 Å². The summed E-state index contributed by atoms with van der Waals surface area (Å²) in [6, 6.07) is 4.08. The van der Waals surface area contributed by atoms with E-state index in [-0.39, 0.29) is 89.3 Å². The van der Waals surface area contributed by atoms with Crippen LogP contribution in [0.25, 0.3) is 0 Å². The Kier molecular flexibility index (Phi) is 17.0. The summed E-state index contributed by atoms with van der Waals surface area (Å²) in [5, 5.41) is 0. The lowest BCUT2D eigenvalue weighted by Crippen LogP contribution is -2.54. The number of amides is 4. The average molecular weight is 1320 g/mol. The largest absolute Gasteiger partial charge is 0.493 e. The van der Waals surface area contributed by atoms with Gasteiger partial charge >= 0.3 is 12.4 Å². The Morgan fingerprint density at radius 2 is 1.10 bits per heavy atom. The lowest BCUT2D eigenvalue weighted by Gasteiger charge is -2.39. The van der Waals surface area contributed by atoms with Crippen molar-refractivity contribution in [3.8, 4) is 11.5 Å². The molecule has 94 heavy (non-hydrogen) atoms. The maximum atomic E-state index is 15.5. The highest BCUT2D eigenvalue weighted by Gasteiger charge is 2.73. The summed E-state index contributed by atoms with van der Waals surface area (Å²) in [7, 11) is -3.01. The van der Waals surface area contributed by atoms with Gasteiger partial charge in [0.15, 0.2) is 23.1 Å². The first-order chi connectivity index (χ1) is 44.6. The quantitative estimate of drug-likeness (QED) is 0.0452. The number of imide groups is 2. The van der Waals surface area contributed by atoms with Crippen LogP contribution in [0.2, 0.25) is 0 Å². The Labute approximate surface area is 534 Å². The predicted octanol–water partition coefficient (Wildman–Crippen LogP) is 10.1. The number of benzene rings is 2. The van der Waals surface area contributed by atoms with Crippen LogP contribution in [0.15, 0.2) is 178 Å². The van der Waals surface area contributed by atoms with Gasteiger partial charge in [0.25, 0.3) is 10.1 Å². The van der Waals surface area contributed by atoms with Crippen molar-refractivity contribution in [2.75, 3.05) is 26.0 Å². The smallest absolute Gasteiger partial charge is 0.411 e. The number of halogens is 6. The predicted molar refractivity (Wildman–Crippen MR) is 320 cm³/mol. The standard InChI is InChI=1S/C69H60F6N2O16S/c1-4-26-89-56-30-38(67(68(70,71)72,69(73,74)75)37-9-6-35(2)55(29-37)90-27-5-28-94(86,87)88)10-21-50(56)58-60(79)47-23-18-43(32-52(47)62(58)81)93-45-20-25-49-54(34-45)66(85)77(65(49)84)39-11-15-41(16-12-39)91-40-13-7-36(8-14-40)57-59(78)46-22-17-42(31-51(46)61(57)80)92-44-19-24-48-53(33-44)64(83)76(3)63(48)82/h6-7,9-11,13,15,19-25,29-34,42-43,48-49,53-54,57-58H,4-5,8,12,14,16-18,26-28H2,1-3H3,(H,86,87,88). The number of rotatable bonds is 19. The number of Topliss-reactive ketones (excluding diaryl/α,β-unsaturated/α-hetero) is 4. The van der Waals surface area contributed by atoms with Crippen molar-refractivity contribution >= 4 is 56.9 Å². The molecule has 0 aromatic heterocycles. The normalized spacial score (nSPS) is 26.1. The van der Waals surface area contributed by atoms with Gasteiger partial charge in [0.05, 0.1) is 42.6 Å². The third kappa shape index (κ3) is 11.6. The first kappa shape index (κ1) is 64.9. The summed E-state index contributed by atoms with van der Waals surface area (Å²) >= 11 is 0. The Bertz CT molecular complexity index is 4210. The van der Waals surface area contributed by atoms with Gasteiger partial charge in [0.2, 0.25) is 29.0 Å². The van der Waals surface area contributed by atoms with Crippen LogP contribution in [0.3, 0.4) is 0 Å². The molecule has 1 N–H and O–H groups in total. The molecule has 2 saturated heterocycles. The van der Waals surface area contributed by atoms with Gasteiger partial charge in [-0.1, -0.05) is 67.1 Å². The summed E-state index contributed by atoms with van der Waals surface area (Å²) < 4.78 is 154. The van der Waals surface area contributed by atoms with Crippen molar-refractivity contribution < 1.29 is 101 Å². The van der Waals surface area contributed by atoms with E-state index in [9.17, 15) is 46.8 Å². The van der Waals surface area contributed by atoms with Crippen LogP contribution in [0, 0.1) is 36.5 Å². The maximum absolute atomic E-state index is 15.5. The summed E-state index contributed by atoms with van der Waals surface area (Å²) in [5.74, 6) is -9.77. The fourth-order valence-electron chi connectivity index (χ4n) is 13.6. The van der Waals surface area contributed by atoms with Crippen LogP contribution >= 0.6 is 0 Å². The molecule has 8 aliphatic carbocycles. The molecule has 2 saturated carbocycles. The van der Waals surface area contributed by atoms with Crippen molar-refractivity contribution in [1.29, 1.82) is 0 Å². The summed E-state index contributed by atoms with van der Waals surface area (Å²) in [5.41, 5.74) is -6.07. The van der Waals surface area contributed by atoms with Crippen molar-refractivity contribution in [3.05, 3.63) is 200 Å². The molecule has 4 fully saturated rings. The van der Waals surface area contributed by atoms with Crippen LogP contribution in [0.1, 0.15) is 86.5 Å². The lowest BCUT2D eigenvalue weighted by atomic mass is 9.72. The molecule has 2 aliphatic heterocycles. The molecule has 8 unspecified atom stereocenters. The molecule has 0 bridgehead atoms. The minimum Gasteiger partial charge on any atom is -0.493 e. The number of carbonyl (C=O) groups excluding carboxylic acids is 8. The number of carbonyl (C=O) groups is 8. The van der Waals surface area contributed by atoms with Crippen LogP contribution in [-0.2, 0) is 68.1 Å². The van der Waals surface area contributed by atoms with Crippen molar-refractivity contribution in [3.63, 3.8) is 0 Å². The van der Waals surface area contributed by atoms with Crippen LogP contribution in [-0.4, -0.2) is 120 Å². The van der Waals surface area contributed by atoms with Gasteiger partial charge in [-0.15, -0.1) is 0 Å². The molecule has 10 aliphatic rings. The van der Waals surface area contributed by atoms with Gasteiger partial charge in [0.1, 0.15) is 58.6 Å². The molecular weight excluding hydrogens is 1260 g/mol. The molecule has 2 heterocycles. The van der Waals surface area contributed by atoms with Gasteiger partial charge in [0, 0.05) is 66.3 Å². The SMILES string of the molecule is CCCOc1cc(C(c2ccc(C)c(OCCCS(=O)(=O)O)c2)(C(F)(F)F)C(F)(F)F)ccc1C1C(=O)C2=CCC(OC3=CC4C(=O)N(C5=CC=C(OC6=CC=C(C7C(=O)C8=CCC(OC9=CC%10C(=O)N(C)C(=O)C%10C=C9)C=C8C7=O)CC6)CC5)C(=O)C4C=C3)C=C2C1=O. The highest BCUT2D eigenvalue weighted by Crippen LogP contribution is 2.58. The lowest BCUT2D eigenvalue weighted by molar-refractivity contribution is -0.288. The van der Waals surface area contributed by atoms with E-state index in [1.807, 2.05) is 0 Å². The van der Waals surface area contributed by atoms with E-state index in [0.717, 1.165) is 21.9 Å². The molecule has 12 rings (SSSR count). The molecule has 4 amide bonds. The molecule has 0 radical (unpaired) electrons. The number of aryl methyl sites for hydroxylation is 1. The number of ketones is 4. The van der Waals surface area contributed by atoms with E-state index in [1.165, 1.54) is 44.4 Å². The third-order valence-corrected chi connectivity index (χ3v) is 19.2. The molecule has 0 spiro atoms. The molecule has 8 atom stereocenters. The molecule has 25 heteroatoms. The summed E-state index contributed by atoms with van der Waals surface area (Å²) in [4.78, 5) is 111. The van der Waals surface area contributed by atoms with E-state index in [1.54, 1.807) is 61.6 Å². The zero-order valence-electron chi connectivity index (χ0n) is 50.6. The highest BCUT2D eigenvalue weighted by molar-refractivity contribution is 7.85. The van der Waals surface area contributed by atoms with E-state index in [0.29, 0.717) is 84.1 Å². The third-order valence-electron chi connectivity index (χ3n) is 18.4. The van der Waals surface area contributed by atoms with Gasteiger partial charge in [-0.2, -0.15) is 34.8 Å². The zero-order valence-corrected chi connectivity index (χ0v) is 51.4. The van der Waals surface area contributed by atoms with Gasteiger partial charge in [-0.25, -0.2) is 0 Å². The Balaban J connectivity index is 0.696. The number of ether oxygens (including phenoxy) is 5. The first-order valence-corrected chi connectivity index (χ1v) is 32.1. The van der Waals surface area contributed by atoms with Gasteiger partial charge < -0.3 is 23.7 Å². The van der Waals surface area contributed by atoms with Crippen molar-refractivity contribution in [1.82, 2.24) is 9.80 Å². The molecule has 2 aromatic rings. The van der Waals surface area contributed by atoms with E-state index >= 15 is 26.3 Å². The molecule has 2 aromatic carbocycles. The minimum atomic E-state index is -6.08. The van der Waals surface area contributed by atoms with Crippen molar-refractivity contribution in [2.45, 2.75) is 101 Å². The molecule has 490 valence electrons. The number of alkyl halides is 6. The molecular formula is C69H60F6N2O16S. The fourth-order valence-corrected chi connectivity index (χ4v) is 14.1. The number of likely N-dealkylation sites (tertiary alicyclic amines) is 2. The minimum absolute atomic E-state index is 0.0190. The fraction of sp³-hybridized carbons (Fsp3) is 0.362. The average Bonchev–Trinajstić information content (AvgIpc) is 1.07. The van der Waals surface area contributed by atoms with Crippen LogP contribution < -0.4 is 9.47 Å². The number of fused-ring (bicyclic) bond motifs is 4. The Hall–Kier alpha value is -9.23. The van der Waals surface area contributed by atoms with Crippen molar-refractivity contribution in [2.24, 2.45) is 29.6 Å². The molecule has 18 nitrogen and oxygen atoms in total. The summed E-state index contributed by atoms with van der Waals surface area (Å²) in [6.07, 6.45) is 10.2. The Morgan fingerprint density at radius 3 is 1.66 bits per heavy atom. The Morgan fingerprint density at radius 1 is 0.585 bits per heavy atom. The van der Waals surface area contributed by atoms with Crippen LogP contribution in [0.4, 0.5) is 26.3 Å². The topological polar surface area (TPSA) is 244 Å². The highest BCUT2D eigenvalue weighted by atomic mass is 32.2. The second-order valence-electron chi connectivity index (χ2n) is 24.3. The van der Waals surface area contributed by atoms with Crippen LogP contribution in [0.5, 0.6) is 11.5 Å². The van der Waals surface area contributed by atoms with Gasteiger partial charge in [-0.3, -0.25) is 52.7 Å². The van der Waals surface area contributed by atoms with Gasteiger partial charge in [-0.05, 0) is 116 Å². The number of allylic oxidation sites excluding steroid dienone is 14. The number of hydrogen-bond acceptors (Lipinski definition) is 15. The second-order valence-corrected chi connectivity index (χ2v) is 25.9. The van der Waals surface area contributed by atoms with E-state index in [4.69, 9.17) is 28.2 Å². The van der Waals surface area contributed by atoms with E-state index in [2.05, 4.69) is 0 Å². The number of hydrogen-bond donors (Lipinski definition) is 1. The second kappa shape index (κ2) is 24.6. The number of nitrogens with zero attached hydrogens (tertiary/aromatic N) is 2. The first-order valence-electron chi connectivity index (χ1n) is 30.5. The summed E-state index contributed by atoms with van der Waals surface area (Å²) in [6.45, 7) is 2.25. The monoisotopic (exact) mass is 1320 g/mol.